The van der Waals surface area contributed by atoms with Crippen molar-refractivity contribution in [3.63, 3.8) is 0 Å². The summed E-state index contributed by atoms with van der Waals surface area (Å²) in [4.78, 5) is 2.40. The molecule has 0 aliphatic carbocycles. The number of ether oxygens (including phenoxy) is 1. The summed E-state index contributed by atoms with van der Waals surface area (Å²) in [6.07, 6.45) is 0. The van der Waals surface area contributed by atoms with Crippen LogP contribution < -0.4 is 4.74 Å². The van der Waals surface area contributed by atoms with Crippen molar-refractivity contribution in [3.8, 4) is 5.75 Å². The van der Waals surface area contributed by atoms with E-state index in [9.17, 15) is 17.6 Å². The van der Waals surface area contributed by atoms with Crippen molar-refractivity contribution in [2.45, 2.75) is 13.8 Å². The molecule has 0 N–H and O–H groups in total. The molecule has 84 valence electrons. The Labute approximate surface area is 83.9 Å². The van der Waals surface area contributed by atoms with Crippen molar-refractivity contribution in [3.05, 3.63) is 23.5 Å². The first-order chi connectivity index (χ1) is 6.93. The molecule has 0 amide bonds. The lowest BCUT2D eigenvalue weighted by atomic mass is 10.2. The molecule has 0 saturated carbocycles. The quantitative estimate of drug-likeness (QED) is 0.580. The largest absolute Gasteiger partial charge is 0.487 e. The van der Waals surface area contributed by atoms with Gasteiger partial charge in [0.15, 0.2) is 5.75 Å². The molecule has 0 aliphatic rings. The van der Waals surface area contributed by atoms with Gasteiger partial charge in [-0.1, -0.05) is 13.8 Å². The Morgan fingerprint density at radius 2 is 1.53 bits per heavy atom. The third kappa shape index (κ3) is 2.57. The molecule has 0 saturated heterocycles. The first-order valence-corrected chi connectivity index (χ1v) is 4.26. The topological polar surface area (TPSA) is 22.1 Å². The standard InChI is InChI=1S/C9H9F4NO/c1-4(2)3-15-7-5(10)8(12)14-9(13)6(7)11/h4H,3H2,1-2H3. The molecular formula is C9H9F4NO. The molecule has 0 atom stereocenters. The van der Waals surface area contributed by atoms with Gasteiger partial charge in [-0.05, 0) is 5.92 Å². The fraction of sp³-hybridized carbons (Fsp3) is 0.444. The number of pyridine rings is 1. The SMILES string of the molecule is CC(C)COc1c(F)c(F)nc(F)c1F. The second-order valence-corrected chi connectivity index (χ2v) is 3.36. The van der Waals surface area contributed by atoms with Gasteiger partial charge in [0.2, 0.25) is 11.6 Å². The van der Waals surface area contributed by atoms with Gasteiger partial charge in [0.05, 0.1) is 6.61 Å². The number of hydrogen-bond acceptors (Lipinski definition) is 2. The van der Waals surface area contributed by atoms with Gasteiger partial charge in [0.1, 0.15) is 0 Å². The van der Waals surface area contributed by atoms with E-state index < -0.39 is 29.3 Å². The van der Waals surface area contributed by atoms with Crippen LogP contribution in [0.3, 0.4) is 0 Å². The zero-order valence-electron chi connectivity index (χ0n) is 8.15. The van der Waals surface area contributed by atoms with E-state index in [-0.39, 0.29) is 12.5 Å². The first kappa shape index (κ1) is 11.7. The zero-order chi connectivity index (χ0) is 11.6. The van der Waals surface area contributed by atoms with Crippen LogP contribution in [0.25, 0.3) is 0 Å². The average molecular weight is 223 g/mol. The molecule has 2 nitrogen and oxygen atoms in total. The number of nitrogens with zero attached hydrogens (tertiary/aromatic N) is 1. The van der Waals surface area contributed by atoms with E-state index in [2.05, 4.69) is 9.72 Å². The lowest BCUT2D eigenvalue weighted by Crippen LogP contribution is -2.10. The van der Waals surface area contributed by atoms with Crippen LogP contribution in [0.5, 0.6) is 5.75 Å². The number of halogens is 4. The van der Waals surface area contributed by atoms with E-state index in [1.165, 1.54) is 0 Å². The van der Waals surface area contributed by atoms with Gasteiger partial charge >= 0.3 is 0 Å². The molecule has 1 aromatic heterocycles. The maximum Gasteiger partial charge on any atom is 0.255 e. The predicted molar refractivity (Wildman–Crippen MR) is 44.4 cm³/mol. The van der Waals surface area contributed by atoms with Crippen molar-refractivity contribution in [1.82, 2.24) is 4.98 Å². The van der Waals surface area contributed by atoms with Crippen LogP contribution in [-0.2, 0) is 0 Å². The molecule has 0 radical (unpaired) electrons. The normalized spacial score (nSPS) is 10.9. The molecule has 0 spiro atoms. The summed E-state index contributed by atoms with van der Waals surface area (Å²) in [5.41, 5.74) is 0. The van der Waals surface area contributed by atoms with Gasteiger partial charge in [-0.25, -0.2) is 0 Å². The minimum absolute atomic E-state index is 0.0249. The van der Waals surface area contributed by atoms with E-state index in [1.807, 2.05) is 0 Å². The first-order valence-electron chi connectivity index (χ1n) is 4.26. The Hall–Kier alpha value is -1.33. The monoisotopic (exact) mass is 223 g/mol. The maximum absolute atomic E-state index is 12.9. The molecule has 1 rings (SSSR count). The molecular weight excluding hydrogens is 214 g/mol. The molecule has 0 fully saturated rings. The maximum atomic E-state index is 12.9. The van der Waals surface area contributed by atoms with Crippen LogP contribution in [-0.4, -0.2) is 11.6 Å². The number of rotatable bonds is 3. The summed E-state index contributed by atoms with van der Waals surface area (Å²) in [6.45, 7) is 3.41. The van der Waals surface area contributed by atoms with Crippen LogP contribution >= 0.6 is 0 Å². The van der Waals surface area contributed by atoms with Gasteiger partial charge in [0, 0.05) is 0 Å². The summed E-state index contributed by atoms with van der Waals surface area (Å²) < 4.78 is 55.6. The van der Waals surface area contributed by atoms with Crippen molar-refractivity contribution < 1.29 is 22.3 Å². The Balaban J connectivity index is 3.04. The lowest BCUT2D eigenvalue weighted by molar-refractivity contribution is 0.233. The van der Waals surface area contributed by atoms with Gasteiger partial charge < -0.3 is 4.74 Å². The number of aromatic nitrogens is 1. The molecule has 0 unspecified atom stereocenters. The molecule has 0 aromatic carbocycles. The Morgan fingerprint density at radius 1 is 1.07 bits per heavy atom. The summed E-state index contributed by atoms with van der Waals surface area (Å²) in [6, 6.07) is 0. The Morgan fingerprint density at radius 3 is 1.93 bits per heavy atom. The minimum Gasteiger partial charge on any atom is -0.487 e. The average Bonchev–Trinajstić information content (AvgIpc) is 2.14. The van der Waals surface area contributed by atoms with Crippen LogP contribution in [0.1, 0.15) is 13.8 Å². The van der Waals surface area contributed by atoms with Crippen molar-refractivity contribution in [1.29, 1.82) is 0 Å². The fourth-order valence-corrected chi connectivity index (χ4v) is 0.845. The van der Waals surface area contributed by atoms with Gasteiger partial charge in [-0.2, -0.15) is 22.5 Å². The minimum atomic E-state index is -1.72. The molecule has 1 heterocycles. The zero-order valence-corrected chi connectivity index (χ0v) is 8.15. The number of hydrogen-bond donors (Lipinski definition) is 0. The molecule has 15 heavy (non-hydrogen) atoms. The van der Waals surface area contributed by atoms with Crippen LogP contribution in [0.2, 0.25) is 0 Å². The van der Waals surface area contributed by atoms with E-state index in [0.717, 1.165) is 0 Å². The van der Waals surface area contributed by atoms with E-state index >= 15 is 0 Å². The summed E-state index contributed by atoms with van der Waals surface area (Å²) in [7, 11) is 0. The summed E-state index contributed by atoms with van der Waals surface area (Å²) in [5.74, 6) is -7.75. The highest BCUT2D eigenvalue weighted by Crippen LogP contribution is 2.24. The van der Waals surface area contributed by atoms with Gasteiger partial charge in [0.25, 0.3) is 11.9 Å². The Kier molecular flexibility index (Phi) is 3.49. The van der Waals surface area contributed by atoms with E-state index in [4.69, 9.17) is 0 Å². The van der Waals surface area contributed by atoms with E-state index in [1.54, 1.807) is 13.8 Å². The highest BCUT2D eigenvalue weighted by molar-refractivity contribution is 5.24. The van der Waals surface area contributed by atoms with Gasteiger partial charge in [-0.15, -0.1) is 0 Å². The third-order valence-electron chi connectivity index (χ3n) is 1.52. The molecule has 0 aliphatic heterocycles. The van der Waals surface area contributed by atoms with Gasteiger partial charge in [-0.3, -0.25) is 0 Å². The van der Waals surface area contributed by atoms with Crippen LogP contribution in [0.15, 0.2) is 0 Å². The fourth-order valence-electron chi connectivity index (χ4n) is 0.845. The van der Waals surface area contributed by atoms with Crippen molar-refractivity contribution >= 4 is 0 Å². The van der Waals surface area contributed by atoms with E-state index in [0.29, 0.717) is 0 Å². The lowest BCUT2D eigenvalue weighted by Gasteiger charge is -2.10. The second-order valence-electron chi connectivity index (χ2n) is 3.36. The Bertz CT molecular complexity index is 341. The molecule has 1 aromatic rings. The van der Waals surface area contributed by atoms with Crippen molar-refractivity contribution in [2.24, 2.45) is 5.92 Å². The summed E-state index contributed by atoms with van der Waals surface area (Å²) >= 11 is 0. The molecule has 6 heteroatoms. The third-order valence-corrected chi connectivity index (χ3v) is 1.52. The highest BCUT2D eigenvalue weighted by atomic mass is 19.2. The van der Waals surface area contributed by atoms with Crippen LogP contribution in [0, 0.1) is 29.4 Å². The smallest absolute Gasteiger partial charge is 0.255 e. The van der Waals surface area contributed by atoms with Crippen molar-refractivity contribution in [2.75, 3.05) is 6.61 Å². The predicted octanol–water partition coefficient (Wildman–Crippen LogP) is 2.67. The second kappa shape index (κ2) is 4.46. The molecule has 0 bridgehead atoms. The summed E-state index contributed by atoms with van der Waals surface area (Å²) in [5, 5.41) is 0. The van der Waals surface area contributed by atoms with Crippen LogP contribution in [0.4, 0.5) is 17.6 Å². The highest BCUT2D eigenvalue weighted by Gasteiger charge is 2.22.